The van der Waals surface area contributed by atoms with Gasteiger partial charge in [0.2, 0.25) is 0 Å². The van der Waals surface area contributed by atoms with Crippen molar-refractivity contribution >= 4 is 17.1 Å². The summed E-state index contributed by atoms with van der Waals surface area (Å²) in [5.41, 5.74) is 7.77. The molecule has 0 atom stereocenters. The quantitative estimate of drug-likeness (QED) is 0.804. The van der Waals surface area contributed by atoms with Gasteiger partial charge in [0.1, 0.15) is 11.9 Å². The maximum absolute atomic E-state index is 13.0. The summed E-state index contributed by atoms with van der Waals surface area (Å²) >= 11 is 0. The fourth-order valence-electron chi connectivity index (χ4n) is 1.60. The van der Waals surface area contributed by atoms with E-state index in [9.17, 15) is 4.39 Å². The molecule has 0 amide bonds. The highest BCUT2D eigenvalue weighted by atomic mass is 19.1. The van der Waals surface area contributed by atoms with Crippen LogP contribution in [0.2, 0.25) is 0 Å². The van der Waals surface area contributed by atoms with Crippen molar-refractivity contribution in [1.29, 1.82) is 10.5 Å². The van der Waals surface area contributed by atoms with Gasteiger partial charge in [0.15, 0.2) is 0 Å². The molecule has 3 N–H and O–H groups in total. The third kappa shape index (κ3) is 2.62. The minimum atomic E-state index is -0.485. The third-order valence-corrected chi connectivity index (χ3v) is 2.55. The fraction of sp³-hybridized carbons (Fsp3) is 0. The number of nitrogens with one attached hydrogen (secondary N) is 1. The van der Waals surface area contributed by atoms with E-state index in [1.165, 1.54) is 12.1 Å². The molecule has 2 aromatic carbocycles. The van der Waals surface area contributed by atoms with Crippen molar-refractivity contribution in [2.75, 3.05) is 11.1 Å². The summed E-state index contributed by atoms with van der Waals surface area (Å²) < 4.78 is 13.0. The van der Waals surface area contributed by atoms with E-state index in [0.717, 1.165) is 6.07 Å². The summed E-state index contributed by atoms with van der Waals surface area (Å²) in [4.78, 5) is 0. The first-order valence-corrected chi connectivity index (χ1v) is 5.40. The Kier molecular flexibility index (Phi) is 3.31. The van der Waals surface area contributed by atoms with Gasteiger partial charge in [0.25, 0.3) is 0 Å². The van der Waals surface area contributed by atoms with Crippen molar-refractivity contribution in [3.63, 3.8) is 0 Å². The summed E-state index contributed by atoms with van der Waals surface area (Å²) in [6, 6.07) is 12.5. The van der Waals surface area contributed by atoms with Gasteiger partial charge in [-0.05, 0) is 36.4 Å². The molecular weight excluding hydrogens is 243 g/mol. The molecule has 0 heterocycles. The molecule has 0 aliphatic rings. The van der Waals surface area contributed by atoms with Crippen molar-refractivity contribution < 1.29 is 4.39 Å². The molecule has 19 heavy (non-hydrogen) atoms. The average Bonchev–Trinajstić information content (AvgIpc) is 2.43. The lowest BCUT2D eigenvalue weighted by molar-refractivity contribution is 0.627. The summed E-state index contributed by atoms with van der Waals surface area (Å²) in [5.74, 6) is -0.485. The van der Waals surface area contributed by atoms with Crippen LogP contribution in [0.25, 0.3) is 0 Å². The predicted molar refractivity (Wildman–Crippen MR) is 70.0 cm³/mol. The van der Waals surface area contributed by atoms with Gasteiger partial charge >= 0.3 is 0 Å². The van der Waals surface area contributed by atoms with Gasteiger partial charge in [0.05, 0.1) is 34.3 Å². The molecule has 0 aliphatic carbocycles. The smallest absolute Gasteiger partial charge is 0.124 e. The zero-order valence-corrected chi connectivity index (χ0v) is 9.81. The topological polar surface area (TPSA) is 85.6 Å². The second kappa shape index (κ2) is 5.07. The first-order chi connectivity index (χ1) is 9.13. The van der Waals surface area contributed by atoms with E-state index in [-0.39, 0.29) is 5.56 Å². The van der Waals surface area contributed by atoms with E-state index in [0.29, 0.717) is 22.6 Å². The lowest BCUT2D eigenvalue weighted by Gasteiger charge is -2.11. The van der Waals surface area contributed by atoms with Crippen LogP contribution >= 0.6 is 0 Å². The van der Waals surface area contributed by atoms with E-state index in [4.69, 9.17) is 16.3 Å². The normalized spacial score (nSPS) is 9.42. The minimum Gasteiger partial charge on any atom is -0.397 e. The SMILES string of the molecule is N#Cc1ccc(N)c(Nc2ccc(F)cc2C#N)c1. The second-order valence-electron chi connectivity index (χ2n) is 3.84. The Morgan fingerprint density at radius 3 is 2.47 bits per heavy atom. The number of hydrogen-bond acceptors (Lipinski definition) is 4. The lowest BCUT2D eigenvalue weighted by Crippen LogP contribution is -1.99. The van der Waals surface area contributed by atoms with Crippen molar-refractivity contribution in [3.8, 4) is 12.1 Å². The molecule has 0 bridgehead atoms. The van der Waals surface area contributed by atoms with Crippen molar-refractivity contribution in [1.82, 2.24) is 0 Å². The van der Waals surface area contributed by atoms with E-state index < -0.39 is 5.82 Å². The van der Waals surface area contributed by atoms with Crippen molar-refractivity contribution in [2.24, 2.45) is 0 Å². The number of nitrogens with zero attached hydrogens (tertiary/aromatic N) is 2. The van der Waals surface area contributed by atoms with Gasteiger partial charge in [-0.25, -0.2) is 4.39 Å². The Morgan fingerprint density at radius 1 is 1.00 bits per heavy atom. The molecule has 2 aromatic rings. The van der Waals surface area contributed by atoms with Crippen LogP contribution in [-0.4, -0.2) is 0 Å². The highest BCUT2D eigenvalue weighted by molar-refractivity contribution is 5.76. The second-order valence-corrected chi connectivity index (χ2v) is 3.84. The molecule has 0 saturated heterocycles. The van der Waals surface area contributed by atoms with Crippen LogP contribution < -0.4 is 11.1 Å². The monoisotopic (exact) mass is 252 g/mol. The number of hydrogen-bond donors (Lipinski definition) is 2. The first-order valence-electron chi connectivity index (χ1n) is 5.40. The summed E-state index contributed by atoms with van der Waals surface area (Å²) in [6.45, 7) is 0. The number of nitriles is 2. The van der Waals surface area contributed by atoms with Gasteiger partial charge in [-0.2, -0.15) is 10.5 Å². The van der Waals surface area contributed by atoms with Gasteiger partial charge in [-0.1, -0.05) is 0 Å². The van der Waals surface area contributed by atoms with Crippen LogP contribution in [0, 0.1) is 28.5 Å². The number of nitrogens with two attached hydrogens (primary N) is 1. The summed E-state index contributed by atoms with van der Waals surface area (Å²) in [5, 5.41) is 20.7. The van der Waals surface area contributed by atoms with Gasteiger partial charge in [0, 0.05) is 0 Å². The molecule has 5 heteroatoms. The maximum atomic E-state index is 13.0. The molecule has 0 radical (unpaired) electrons. The molecule has 0 aliphatic heterocycles. The Balaban J connectivity index is 2.42. The molecule has 0 saturated carbocycles. The first kappa shape index (κ1) is 12.4. The predicted octanol–water partition coefficient (Wildman–Crippen LogP) is 2.89. The number of anilines is 3. The molecular formula is C14H9FN4. The summed E-state index contributed by atoms with van der Waals surface area (Å²) in [7, 11) is 0. The standard InChI is InChI=1S/C14H9FN4/c15-11-2-4-13(10(6-11)8-17)19-14-5-9(7-16)1-3-12(14)18/h1-6,19H,18H2. The van der Waals surface area contributed by atoms with Crippen LogP contribution in [0.5, 0.6) is 0 Å². The average molecular weight is 252 g/mol. The molecule has 0 aromatic heterocycles. The largest absolute Gasteiger partial charge is 0.397 e. The van der Waals surface area contributed by atoms with Crippen LogP contribution in [0.3, 0.4) is 0 Å². The van der Waals surface area contributed by atoms with Gasteiger partial charge in [-0.3, -0.25) is 0 Å². The number of nitrogen functional groups attached to an aromatic ring is 1. The molecule has 0 fully saturated rings. The van der Waals surface area contributed by atoms with Crippen LogP contribution in [0.1, 0.15) is 11.1 Å². The number of halogens is 1. The zero-order valence-electron chi connectivity index (χ0n) is 9.81. The van der Waals surface area contributed by atoms with E-state index in [1.54, 1.807) is 18.2 Å². The highest BCUT2D eigenvalue weighted by Gasteiger charge is 2.07. The van der Waals surface area contributed by atoms with Crippen LogP contribution in [-0.2, 0) is 0 Å². The van der Waals surface area contributed by atoms with Crippen LogP contribution in [0.4, 0.5) is 21.5 Å². The highest BCUT2D eigenvalue weighted by Crippen LogP contribution is 2.26. The third-order valence-electron chi connectivity index (χ3n) is 2.55. The fourth-order valence-corrected chi connectivity index (χ4v) is 1.60. The van der Waals surface area contributed by atoms with Crippen molar-refractivity contribution in [3.05, 3.63) is 53.3 Å². The van der Waals surface area contributed by atoms with Gasteiger partial charge < -0.3 is 11.1 Å². The van der Waals surface area contributed by atoms with Gasteiger partial charge in [-0.15, -0.1) is 0 Å². The Bertz CT molecular complexity index is 710. The summed E-state index contributed by atoms with van der Waals surface area (Å²) in [6.07, 6.45) is 0. The Labute approximate surface area is 109 Å². The van der Waals surface area contributed by atoms with E-state index in [2.05, 4.69) is 5.32 Å². The Morgan fingerprint density at radius 2 is 1.79 bits per heavy atom. The number of benzene rings is 2. The van der Waals surface area contributed by atoms with E-state index >= 15 is 0 Å². The molecule has 0 spiro atoms. The Hall–Kier alpha value is -3.05. The molecule has 4 nitrogen and oxygen atoms in total. The molecule has 2 rings (SSSR count). The number of rotatable bonds is 2. The zero-order chi connectivity index (χ0) is 13.8. The molecule has 0 unspecified atom stereocenters. The van der Waals surface area contributed by atoms with Crippen molar-refractivity contribution in [2.45, 2.75) is 0 Å². The van der Waals surface area contributed by atoms with E-state index in [1.807, 2.05) is 12.1 Å². The maximum Gasteiger partial charge on any atom is 0.124 e. The molecule has 92 valence electrons. The minimum absolute atomic E-state index is 0.168. The van der Waals surface area contributed by atoms with Crippen LogP contribution in [0.15, 0.2) is 36.4 Å². The lowest BCUT2D eigenvalue weighted by atomic mass is 10.1.